The van der Waals surface area contributed by atoms with E-state index < -0.39 is 0 Å². The van der Waals surface area contributed by atoms with Crippen LogP contribution in [0, 0.1) is 11.8 Å². The third kappa shape index (κ3) is 2.15. The van der Waals surface area contributed by atoms with E-state index in [1.165, 1.54) is 6.42 Å². The maximum Gasteiger partial charge on any atom is 0.153 e. The van der Waals surface area contributed by atoms with Gasteiger partial charge in [0.1, 0.15) is 0 Å². The zero-order valence-corrected chi connectivity index (χ0v) is 9.20. The fourth-order valence-electron chi connectivity index (χ4n) is 1.65. The second-order valence-corrected chi connectivity index (χ2v) is 4.48. The maximum atomic E-state index is 5.77. The molecule has 1 fully saturated rings. The largest absolute Gasteiger partial charge is 0.373 e. The summed E-state index contributed by atoms with van der Waals surface area (Å²) in [5.41, 5.74) is 1.05. The highest BCUT2D eigenvalue weighted by Crippen LogP contribution is 2.38. The Bertz CT molecular complexity index is 329. The fourth-order valence-corrected chi connectivity index (χ4v) is 1.81. The van der Waals surface area contributed by atoms with Crippen LogP contribution in [0.1, 0.15) is 13.3 Å². The van der Waals surface area contributed by atoms with Crippen molar-refractivity contribution in [2.45, 2.75) is 13.3 Å². The smallest absolute Gasteiger partial charge is 0.153 e. The van der Waals surface area contributed by atoms with Crippen molar-refractivity contribution >= 4 is 17.3 Å². The SMILES string of the molecule is CC1CC1CN(C)c1cnnc(Cl)c1. The molecule has 1 aromatic heterocycles. The average molecular weight is 212 g/mol. The van der Waals surface area contributed by atoms with Crippen LogP contribution in [0.25, 0.3) is 0 Å². The molecule has 0 spiro atoms. The van der Waals surface area contributed by atoms with Gasteiger partial charge in [-0.2, -0.15) is 5.10 Å². The van der Waals surface area contributed by atoms with Crippen molar-refractivity contribution in [1.82, 2.24) is 10.2 Å². The molecule has 0 aliphatic heterocycles. The van der Waals surface area contributed by atoms with Crippen molar-refractivity contribution in [3.8, 4) is 0 Å². The maximum absolute atomic E-state index is 5.77. The first-order chi connectivity index (χ1) is 6.66. The zero-order chi connectivity index (χ0) is 10.1. The normalized spacial score (nSPS) is 24.8. The molecule has 0 radical (unpaired) electrons. The predicted molar refractivity (Wildman–Crippen MR) is 57.6 cm³/mol. The third-order valence-electron chi connectivity index (χ3n) is 2.84. The summed E-state index contributed by atoms with van der Waals surface area (Å²) in [6.07, 6.45) is 3.09. The second kappa shape index (κ2) is 3.73. The molecule has 3 nitrogen and oxygen atoms in total. The minimum absolute atomic E-state index is 0.457. The van der Waals surface area contributed by atoms with Crippen LogP contribution >= 0.6 is 11.6 Å². The summed E-state index contributed by atoms with van der Waals surface area (Å²) in [6.45, 7) is 3.37. The van der Waals surface area contributed by atoms with E-state index in [0.29, 0.717) is 5.15 Å². The lowest BCUT2D eigenvalue weighted by Crippen LogP contribution is -2.20. The average Bonchev–Trinajstić information content (AvgIpc) is 2.81. The fraction of sp³-hybridized carbons (Fsp3) is 0.600. The lowest BCUT2D eigenvalue weighted by Gasteiger charge is -2.18. The first-order valence-corrected chi connectivity index (χ1v) is 5.24. The van der Waals surface area contributed by atoms with Crippen LogP contribution in [0.5, 0.6) is 0 Å². The van der Waals surface area contributed by atoms with Crippen LogP contribution in [-0.4, -0.2) is 23.8 Å². The van der Waals surface area contributed by atoms with Crippen molar-refractivity contribution < 1.29 is 0 Å². The van der Waals surface area contributed by atoms with Crippen molar-refractivity contribution in [3.05, 3.63) is 17.4 Å². The lowest BCUT2D eigenvalue weighted by molar-refractivity contribution is 0.723. The van der Waals surface area contributed by atoms with Gasteiger partial charge < -0.3 is 4.90 Å². The Morgan fingerprint density at radius 1 is 1.64 bits per heavy atom. The van der Waals surface area contributed by atoms with Crippen LogP contribution in [0.4, 0.5) is 5.69 Å². The summed E-state index contributed by atoms with van der Waals surface area (Å²) in [5.74, 6) is 1.72. The van der Waals surface area contributed by atoms with Gasteiger partial charge in [0, 0.05) is 19.7 Å². The molecular formula is C10H14ClN3. The van der Waals surface area contributed by atoms with Gasteiger partial charge in [0.25, 0.3) is 0 Å². The molecule has 0 amide bonds. The molecule has 0 saturated heterocycles. The van der Waals surface area contributed by atoms with E-state index in [2.05, 4.69) is 29.1 Å². The molecule has 1 aromatic rings. The summed E-state index contributed by atoms with van der Waals surface area (Å²) < 4.78 is 0. The number of anilines is 1. The number of halogens is 1. The lowest BCUT2D eigenvalue weighted by atomic mass is 10.3. The highest BCUT2D eigenvalue weighted by Gasteiger charge is 2.33. The molecule has 0 aromatic carbocycles. The topological polar surface area (TPSA) is 29.0 Å². The highest BCUT2D eigenvalue weighted by atomic mass is 35.5. The van der Waals surface area contributed by atoms with Gasteiger partial charge in [-0.1, -0.05) is 18.5 Å². The molecule has 2 unspecified atom stereocenters. The van der Waals surface area contributed by atoms with Gasteiger partial charge >= 0.3 is 0 Å². The van der Waals surface area contributed by atoms with E-state index >= 15 is 0 Å². The number of rotatable bonds is 3. The number of hydrogen-bond donors (Lipinski definition) is 0. The van der Waals surface area contributed by atoms with Gasteiger partial charge in [-0.05, 0) is 18.3 Å². The Balaban J connectivity index is 2.00. The minimum atomic E-state index is 0.457. The molecule has 0 N–H and O–H groups in total. The van der Waals surface area contributed by atoms with Crippen molar-refractivity contribution in [2.75, 3.05) is 18.5 Å². The number of hydrogen-bond acceptors (Lipinski definition) is 3. The minimum Gasteiger partial charge on any atom is -0.373 e. The molecule has 1 saturated carbocycles. The summed E-state index contributed by atoms with van der Waals surface area (Å²) in [5, 5.41) is 8.01. The van der Waals surface area contributed by atoms with Crippen molar-refractivity contribution in [1.29, 1.82) is 0 Å². The van der Waals surface area contributed by atoms with E-state index in [1.54, 1.807) is 6.20 Å². The van der Waals surface area contributed by atoms with Gasteiger partial charge in [-0.3, -0.25) is 0 Å². The van der Waals surface area contributed by atoms with Crippen LogP contribution in [-0.2, 0) is 0 Å². The monoisotopic (exact) mass is 211 g/mol. The number of aromatic nitrogens is 2. The van der Waals surface area contributed by atoms with Crippen molar-refractivity contribution in [2.24, 2.45) is 11.8 Å². The Labute approximate surface area is 89.1 Å². The first-order valence-electron chi connectivity index (χ1n) is 4.86. The van der Waals surface area contributed by atoms with Gasteiger partial charge in [0.15, 0.2) is 5.15 Å². The number of nitrogens with zero attached hydrogens (tertiary/aromatic N) is 3. The van der Waals surface area contributed by atoms with Crippen LogP contribution in [0.15, 0.2) is 12.3 Å². The van der Waals surface area contributed by atoms with Gasteiger partial charge in [-0.15, -0.1) is 5.10 Å². The Morgan fingerprint density at radius 2 is 2.36 bits per heavy atom. The Kier molecular flexibility index (Phi) is 2.59. The van der Waals surface area contributed by atoms with Crippen molar-refractivity contribution in [3.63, 3.8) is 0 Å². The molecule has 4 heteroatoms. The van der Waals surface area contributed by atoms with Crippen LogP contribution < -0.4 is 4.90 Å². The van der Waals surface area contributed by atoms with Crippen LogP contribution in [0.2, 0.25) is 5.15 Å². The Hall–Kier alpha value is -0.830. The van der Waals surface area contributed by atoms with Gasteiger partial charge in [-0.25, -0.2) is 0 Å². The summed E-state index contributed by atoms with van der Waals surface area (Å²) in [6, 6.07) is 1.85. The third-order valence-corrected chi connectivity index (χ3v) is 3.02. The summed E-state index contributed by atoms with van der Waals surface area (Å²) in [7, 11) is 2.07. The summed E-state index contributed by atoms with van der Waals surface area (Å²) >= 11 is 5.77. The molecule has 76 valence electrons. The van der Waals surface area contributed by atoms with Crippen LogP contribution in [0.3, 0.4) is 0 Å². The Morgan fingerprint density at radius 3 is 2.93 bits per heavy atom. The molecule has 1 heterocycles. The van der Waals surface area contributed by atoms with Gasteiger partial charge in [0.2, 0.25) is 0 Å². The molecule has 1 aliphatic rings. The molecule has 14 heavy (non-hydrogen) atoms. The highest BCUT2D eigenvalue weighted by molar-refractivity contribution is 6.29. The quantitative estimate of drug-likeness (QED) is 0.768. The standard InChI is InChI=1S/C10H14ClN3/c1-7-3-8(7)6-14(2)9-4-10(11)13-12-5-9/h4-5,7-8H,3,6H2,1-2H3. The van der Waals surface area contributed by atoms with E-state index in [9.17, 15) is 0 Å². The van der Waals surface area contributed by atoms with E-state index in [1.807, 2.05) is 6.07 Å². The predicted octanol–water partition coefficient (Wildman–Crippen LogP) is 2.22. The molecule has 1 aliphatic carbocycles. The second-order valence-electron chi connectivity index (χ2n) is 4.09. The molecular weight excluding hydrogens is 198 g/mol. The molecule has 2 rings (SSSR count). The van der Waals surface area contributed by atoms with E-state index in [0.717, 1.165) is 24.1 Å². The molecule has 2 atom stereocenters. The molecule has 0 bridgehead atoms. The first kappa shape index (κ1) is 9.71. The van der Waals surface area contributed by atoms with E-state index in [4.69, 9.17) is 11.6 Å². The summed E-state index contributed by atoms with van der Waals surface area (Å²) in [4.78, 5) is 2.19. The van der Waals surface area contributed by atoms with E-state index in [-0.39, 0.29) is 0 Å². The zero-order valence-electron chi connectivity index (χ0n) is 8.44. The van der Waals surface area contributed by atoms with Gasteiger partial charge in [0.05, 0.1) is 11.9 Å².